The molecule has 0 radical (unpaired) electrons. The average molecular weight is 791 g/mol. The van der Waals surface area contributed by atoms with Crippen molar-refractivity contribution in [3.63, 3.8) is 0 Å². The molecule has 0 atom stereocenters. The zero-order chi connectivity index (χ0) is 45.2. The molecule has 302 valence electrons. The summed E-state index contributed by atoms with van der Waals surface area (Å²) in [5, 5.41) is 12.5. The van der Waals surface area contributed by atoms with E-state index in [9.17, 15) is 5.11 Å². The van der Waals surface area contributed by atoms with Gasteiger partial charge in [-0.3, -0.25) is 9.55 Å². The Morgan fingerprint density at radius 1 is 0.533 bits per heavy atom. The van der Waals surface area contributed by atoms with Crippen molar-refractivity contribution >= 4 is 11.0 Å². The van der Waals surface area contributed by atoms with Crippen LogP contribution in [-0.2, 0) is 16.2 Å². The minimum Gasteiger partial charge on any atom is -0.507 e. The van der Waals surface area contributed by atoms with E-state index in [-0.39, 0.29) is 27.6 Å². The minimum absolute atomic E-state index is 0.172. The summed E-state index contributed by atoms with van der Waals surface area (Å²) in [4.78, 5) is 10.5. The van der Waals surface area contributed by atoms with Gasteiger partial charge < -0.3 is 5.11 Å². The second-order valence-corrected chi connectivity index (χ2v) is 19.3. The molecule has 60 heavy (non-hydrogen) atoms. The first-order chi connectivity index (χ1) is 29.6. The molecule has 0 saturated heterocycles. The van der Waals surface area contributed by atoms with Crippen LogP contribution in [0.2, 0.25) is 0 Å². The Morgan fingerprint density at radius 3 is 1.90 bits per heavy atom. The number of aromatic hydroxyl groups is 1. The molecule has 8 aromatic rings. The summed E-state index contributed by atoms with van der Waals surface area (Å²) in [6, 6.07) is 45.2. The SMILES string of the molecule is [2H]C([2H])([2H])c1ccc(-n2c(-c3cc(C(C)(C)C)cc(C(C)(C)C)c3O)nc3c(-c4cc(-c5cc(-c6ccc(C)cc6)ccn5)cc(C(C)(C)C)c4)cccc32)c(-c2ccccc2)c1. The van der Waals surface area contributed by atoms with E-state index in [1.165, 1.54) is 5.56 Å². The first kappa shape index (κ1) is 36.8. The molecular formula is C56H57N3O. The maximum atomic E-state index is 12.5. The number of pyridine rings is 1. The number of hydrogen-bond acceptors (Lipinski definition) is 3. The molecule has 0 aliphatic heterocycles. The third kappa shape index (κ3) is 7.79. The molecule has 0 unspecified atom stereocenters. The van der Waals surface area contributed by atoms with Gasteiger partial charge in [0.05, 0.1) is 28.0 Å². The summed E-state index contributed by atoms with van der Waals surface area (Å²) < 4.78 is 27.3. The van der Waals surface area contributed by atoms with Crippen LogP contribution in [0, 0.1) is 13.8 Å². The van der Waals surface area contributed by atoms with Crippen LogP contribution in [-0.4, -0.2) is 19.6 Å². The van der Waals surface area contributed by atoms with Crippen LogP contribution in [0.25, 0.3) is 72.7 Å². The van der Waals surface area contributed by atoms with Crippen molar-refractivity contribution in [2.45, 2.75) is 92.3 Å². The van der Waals surface area contributed by atoms with E-state index in [0.717, 1.165) is 78.0 Å². The quantitative estimate of drug-likeness (QED) is 0.182. The Morgan fingerprint density at radius 2 is 1.22 bits per heavy atom. The van der Waals surface area contributed by atoms with Crippen molar-refractivity contribution in [3.05, 3.63) is 167 Å². The Bertz CT molecular complexity index is 2990. The third-order valence-electron chi connectivity index (χ3n) is 11.6. The van der Waals surface area contributed by atoms with E-state index >= 15 is 0 Å². The molecule has 0 bridgehead atoms. The Labute approximate surface area is 360 Å². The van der Waals surface area contributed by atoms with Gasteiger partial charge in [0, 0.05) is 32.6 Å². The first-order valence-corrected chi connectivity index (χ1v) is 20.9. The van der Waals surface area contributed by atoms with Gasteiger partial charge in [-0.05, 0) is 112 Å². The number of phenolic OH excluding ortho intramolecular Hbond substituents is 1. The number of nitrogens with zero attached hydrogens (tertiary/aromatic N) is 3. The lowest BCUT2D eigenvalue weighted by Gasteiger charge is -2.27. The van der Waals surface area contributed by atoms with Crippen molar-refractivity contribution in [1.82, 2.24) is 14.5 Å². The summed E-state index contributed by atoms with van der Waals surface area (Å²) in [7, 11) is 0. The van der Waals surface area contributed by atoms with E-state index in [1.807, 2.05) is 42.6 Å². The lowest BCUT2D eigenvalue weighted by atomic mass is 9.79. The van der Waals surface area contributed by atoms with Gasteiger partial charge in [0.1, 0.15) is 11.6 Å². The van der Waals surface area contributed by atoms with Crippen LogP contribution in [0.5, 0.6) is 5.75 Å². The van der Waals surface area contributed by atoms with Gasteiger partial charge >= 0.3 is 0 Å². The molecular weight excluding hydrogens is 731 g/mol. The van der Waals surface area contributed by atoms with E-state index < -0.39 is 6.85 Å². The van der Waals surface area contributed by atoms with E-state index in [2.05, 4.69) is 159 Å². The Hall–Kier alpha value is -6.26. The van der Waals surface area contributed by atoms with E-state index in [0.29, 0.717) is 11.4 Å². The first-order valence-electron chi connectivity index (χ1n) is 22.4. The van der Waals surface area contributed by atoms with Gasteiger partial charge in [-0.2, -0.15) is 0 Å². The highest BCUT2D eigenvalue weighted by molar-refractivity contribution is 5.98. The number of rotatable bonds is 6. The van der Waals surface area contributed by atoms with Gasteiger partial charge in [-0.1, -0.05) is 158 Å². The largest absolute Gasteiger partial charge is 0.507 e. The number of hydrogen-bond donors (Lipinski definition) is 1. The number of phenols is 1. The smallest absolute Gasteiger partial charge is 0.149 e. The average Bonchev–Trinajstić information content (AvgIpc) is 3.62. The lowest BCUT2D eigenvalue weighted by Crippen LogP contribution is -2.17. The maximum absolute atomic E-state index is 12.5. The van der Waals surface area contributed by atoms with E-state index in [1.54, 1.807) is 12.1 Å². The summed E-state index contributed by atoms with van der Waals surface area (Å²) >= 11 is 0. The number of benzene rings is 6. The van der Waals surface area contributed by atoms with Crippen molar-refractivity contribution < 1.29 is 9.22 Å². The summed E-state index contributed by atoms with van der Waals surface area (Å²) in [6.07, 6.45) is 1.88. The van der Waals surface area contributed by atoms with Crippen molar-refractivity contribution in [2.24, 2.45) is 0 Å². The number of fused-ring (bicyclic) bond motifs is 1. The molecule has 0 saturated carbocycles. The van der Waals surface area contributed by atoms with Gasteiger partial charge in [-0.15, -0.1) is 0 Å². The van der Waals surface area contributed by atoms with E-state index in [4.69, 9.17) is 14.1 Å². The molecule has 0 aliphatic carbocycles. The summed E-state index contributed by atoms with van der Waals surface area (Å²) in [6.45, 7) is 19.4. The van der Waals surface area contributed by atoms with Crippen LogP contribution in [0.15, 0.2) is 140 Å². The number of imidazole rings is 1. The molecule has 8 rings (SSSR count). The van der Waals surface area contributed by atoms with Crippen LogP contribution in [0.3, 0.4) is 0 Å². The molecule has 0 fully saturated rings. The summed E-state index contributed by atoms with van der Waals surface area (Å²) in [5.41, 5.74) is 14.3. The van der Waals surface area contributed by atoms with Gasteiger partial charge in [0.2, 0.25) is 0 Å². The van der Waals surface area contributed by atoms with Gasteiger partial charge in [0.25, 0.3) is 0 Å². The molecule has 0 amide bonds. The van der Waals surface area contributed by atoms with Crippen LogP contribution < -0.4 is 0 Å². The molecule has 1 N–H and O–H groups in total. The van der Waals surface area contributed by atoms with Crippen LogP contribution >= 0.6 is 0 Å². The number of aryl methyl sites for hydroxylation is 2. The molecule has 4 nitrogen and oxygen atoms in total. The molecule has 0 aliphatic rings. The van der Waals surface area contributed by atoms with Crippen molar-refractivity contribution in [3.8, 4) is 67.5 Å². The maximum Gasteiger partial charge on any atom is 0.149 e. The normalized spacial score (nSPS) is 13.3. The lowest BCUT2D eigenvalue weighted by molar-refractivity contribution is 0.446. The second-order valence-electron chi connectivity index (χ2n) is 19.3. The number of para-hydroxylation sites is 1. The standard InChI is InChI=1S/C56H57N3O/c1-35-20-23-37(24-21-35)39-26-27-57-48(32-39)41-29-40(30-42(31-41)54(3,4)5)44-18-15-19-50-51(44)58-53(46-33-43(55(6,7)8)34-47(52(46)60)56(9,10)11)59(50)49-25-22-36(2)28-45(49)38-16-13-12-14-17-38/h12-34,60H,1-11H3/i2D3. The highest BCUT2D eigenvalue weighted by atomic mass is 16.3. The fraction of sp³-hybridized carbons (Fsp3) is 0.250. The predicted molar refractivity (Wildman–Crippen MR) is 253 cm³/mol. The fourth-order valence-electron chi connectivity index (χ4n) is 8.02. The van der Waals surface area contributed by atoms with Gasteiger partial charge in [-0.25, -0.2) is 4.98 Å². The third-order valence-corrected chi connectivity index (χ3v) is 11.6. The second kappa shape index (κ2) is 15.1. The molecule has 2 aromatic heterocycles. The molecule has 4 heteroatoms. The number of aromatic nitrogens is 3. The van der Waals surface area contributed by atoms with Crippen LogP contribution in [0.4, 0.5) is 0 Å². The fourth-order valence-corrected chi connectivity index (χ4v) is 8.02. The van der Waals surface area contributed by atoms with Gasteiger partial charge in [0.15, 0.2) is 0 Å². The zero-order valence-corrected chi connectivity index (χ0v) is 36.6. The Kier molecular flexibility index (Phi) is 9.25. The highest BCUT2D eigenvalue weighted by Crippen LogP contribution is 2.46. The van der Waals surface area contributed by atoms with Crippen molar-refractivity contribution in [2.75, 3.05) is 0 Å². The zero-order valence-electron chi connectivity index (χ0n) is 39.6. The molecule has 2 heterocycles. The highest BCUT2D eigenvalue weighted by Gasteiger charge is 2.29. The minimum atomic E-state index is -2.32. The monoisotopic (exact) mass is 790 g/mol. The summed E-state index contributed by atoms with van der Waals surface area (Å²) in [5.74, 6) is 0.732. The van der Waals surface area contributed by atoms with Crippen molar-refractivity contribution in [1.29, 1.82) is 0 Å². The molecule has 0 spiro atoms. The molecule has 6 aromatic carbocycles. The van der Waals surface area contributed by atoms with Crippen LogP contribution in [0.1, 0.15) is 94.2 Å². The predicted octanol–water partition coefficient (Wildman–Crippen LogP) is 15.0. The Balaban J connectivity index is 1.46. The topological polar surface area (TPSA) is 50.9 Å².